The van der Waals surface area contributed by atoms with Crippen LogP contribution in [0.2, 0.25) is 0 Å². The highest BCUT2D eigenvalue weighted by Crippen LogP contribution is 2.28. The number of hydrogen-bond acceptors (Lipinski definition) is 7. The lowest BCUT2D eigenvalue weighted by Crippen LogP contribution is -2.24. The van der Waals surface area contributed by atoms with E-state index in [2.05, 4.69) is 10.6 Å². The third-order valence-electron chi connectivity index (χ3n) is 3.92. The number of ether oxygens (including phenoxy) is 1. The minimum Gasteiger partial charge on any atom is -0.495 e. The van der Waals surface area contributed by atoms with Crippen molar-refractivity contribution in [1.82, 2.24) is 4.31 Å². The van der Waals surface area contributed by atoms with Crippen LogP contribution in [0.4, 0.5) is 11.4 Å². The third kappa shape index (κ3) is 5.68. The van der Waals surface area contributed by atoms with E-state index in [4.69, 9.17) is 4.74 Å². The summed E-state index contributed by atoms with van der Waals surface area (Å²) in [4.78, 5) is 12.3. The Morgan fingerprint density at radius 2 is 1.72 bits per heavy atom. The largest absolute Gasteiger partial charge is 0.495 e. The van der Waals surface area contributed by atoms with Crippen LogP contribution in [0.1, 0.15) is 0 Å². The molecule has 2 aromatic carbocycles. The van der Waals surface area contributed by atoms with Crippen LogP contribution >= 0.6 is 0 Å². The minimum atomic E-state index is -3.77. The quantitative estimate of drug-likeness (QED) is 0.635. The highest BCUT2D eigenvalue weighted by molar-refractivity contribution is 7.90. The molecule has 1 amide bonds. The molecule has 0 fully saturated rings. The molecule has 2 aromatic rings. The molecular weight excluding hydrogens is 418 g/mol. The Balaban J connectivity index is 2.14. The Hall–Kier alpha value is -2.63. The second-order valence-corrected chi connectivity index (χ2v) is 10.5. The third-order valence-corrected chi connectivity index (χ3v) is 6.87. The number of nitrogens with one attached hydrogen (secondary N) is 2. The van der Waals surface area contributed by atoms with Crippen molar-refractivity contribution < 1.29 is 26.4 Å². The first kappa shape index (κ1) is 22.7. The Bertz CT molecular complexity index is 1110. The molecule has 2 rings (SSSR count). The number of carbonyl (C=O) groups is 1. The highest BCUT2D eigenvalue weighted by atomic mass is 32.2. The van der Waals surface area contributed by atoms with Crippen LogP contribution in [0.25, 0.3) is 0 Å². The molecule has 9 nitrogen and oxygen atoms in total. The van der Waals surface area contributed by atoms with Crippen LogP contribution in [0.3, 0.4) is 0 Å². The number of anilines is 2. The molecule has 29 heavy (non-hydrogen) atoms. The maximum absolute atomic E-state index is 12.4. The zero-order valence-corrected chi connectivity index (χ0v) is 18.1. The van der Waals surface area contributed by atoms with Gasteiger partial charge < -0.3 is 15.4 Å². The van der Waals surface area contributed by atoms with Gasteiger partial charge in [0.1, 0.15) is 10.6 Å². The van der Waals surface area contributed by atoms with E-state index in [9.17, 15) is 21.6 Å². The SMILES string of the molecule is COc1ccc(NC(=O)CNc2cccc(S(C)(=O)=O)c2)cc1S(=O)(=O)N(C)C. The van der Waals surface area contributed by atoms with Crippen molar-refractivity contribution >= 4 is 37.1 Å². The molecule has 0 bridgehead atoms. The summed E-state index contributed by atoms with van der Waals surface area (Å²) < 4.78 is 54.3. The normalized spacial score (nSPS) is 11.9. The molecule has 0 aliphatic heterocycles. The Labute approximate surface area is 170 Å². The van der Waals surface area contributed by atoms with Gasteiger partial charge in [-0.2, -0.15) is 0 Å². The Kier molecular flexibility index (Phi) is 6.88. The van der Waals surface area contributed by atoms with Gasteiger partial charge in [0.15, 0.2) is 9.84 Å². The van der Waals surface area contributed by atoms with Crippen LogP contribution in [-0.2, 0) is 24.7 Å². The molecule has 2 N–H and O–H groups in total. The molecule has 0 aromatic heterocycles. The fourth-order valence-electron chi connectivity index (χ4n) is 2.38. The zero-order valence-electron chi connectivity index (χ0n) is 16.5. The summed E-state index contributed by atoms with van der Waals surface area (Å²) in [5.74, 6) is -0.277. The number of sulfonamides is 1. The van der Waals surface area contributed by atoms with Gasteiger partial charge in [-0.3, -0.25) is 4.79 Å². The fourth-order valence-corrected chi connectivity index (χ4v) is 4.12. The minimum absolute atomic E-state index is 0.0726. The summed E-state index contributed by atoms with van der Waals surface area (Å²) in [5, 5.41) is 5.44. The first-order chi connectivity index (χ1) is 13.4. The van der Waals surface area contributed by atoms with Gasteiger partial charge in [-0.1, -0.05) is 6.07 Å². The van der Waals surface area contributed by atoms with Gasteiger partial charge in [0.05, 0.1) is 18.6 Å². The Morgan fingerprint density at radius 1 is 1.03 bits per heavy atom. The van der Waals surface area contributed by atoms with E-state index in [0.29, 0.717) is 5.69 Å². The van der Waals surface area contributed by atoms with Gasteiger partial charge in [-0.15, -0.1) is 0 Å². The van der Waals surface area contributed by atoms with Gasteiger partial charge in [0.2, 0.25) is 15.9 Å². The van der Waals surface area contributed by atoms with Gasteiger partial charge in [0, 0.05) is 31.7 Å². The molecule has 0 saturated carbocycles. The number of methoxy groups -OCH3 is 1. The molecule has 0 heterocycles. The standard InChI is InChI=1S/C18H23N3O6S2/c1-21(2)29(25,26)17-11-14(8-9-16(17)27-3)20-18(22)12-19-13-6-5-7-15(10-13)28(4,23)24/h5-11,19H,12H2,1-4H3,(H,20,22). The lowest BCUT2D eigenvalue weighted by molar-refractivity contribution is -0.114. The van der Waals surface area contributed by atoms with Crippen molar-refractivity contribution in [2.75, 3.05) is 44.6 Å². The van der Waals surface area contributed by atoms with Crippen LogP contribution in [-0.4, -0.2) is 61.1 Å². The summed E-state index contributed by atoms with van der Waals surface area (Å²) in [6.45, 7) is -0.144. The van der Waals surface area contributed by atoms with E-state index in [1.807, 2.05) is 0 Å². The predicted molar refractivity (Wildman–Crippen MR) is 111 cm³/mol. The van der Waals surface area contributed by atoms with E-state index >= 15 is 0 Å². The topological polar surface area (TPSA) is 122 Å². The molecular formula is C18H23N3O6S2. The summed E-state index contributed by atoms with van der Waals surface area (Å²) in [6.07, 6.45) is 1.10. The van der Waals surface area contributed by atoms with Crippen LogP contribution in [0.15, 0.2) is 52.3 Å². The first-order valence-electron chi connectivity index (χ1n) is 8.39. The maximum atomic E-state index is 12.4. The number of sulfone groups is 1. The average Bonchev–Trinajstić information content (AvgIpc) is 2.65. The summed E-state index contributed by atoms with van der Waals surface area (Å²) in [7, 11) is -2.97. The molecule has 0 aliphatic rings. The number of rotatable bonds is 8. The highest BCUT2D eigenvalue weighted by Gasteiger charge is 2.23. The predicted octanol–water partition coefficient (Wildman–Crippen LogP) is 1.40. The Morgan fingerprint density at radius 3 is 2.31 bits per heavy atom. The molecule has 0 radical (unpaired) electrons. The van der Waals surface area contributed by atoms with Crippen LogP contribution < -0.4 is 15.4 Å². The van der Waals surface area contributed by atoms with E-state index in [-0.39, 0.29) is 27.8 Å². The van der Waals surface area contributed by atoms with Gasteiger partial charge >= 0.3 is 0 Å². The van der Waals surface area contributed by atoms with Crippen molar-refractivity contribution in [1.29, 1.82) is 0 Å². The molecule has 158 valence electrons. The van der Waals surface area contributed by atoms with Crippen LogP contribution in [0, 0.1) is 0 Å². The summed E-state index contributed by atoms with van der Waals surface area (Å²) in [5.41, 5.74) is 0.747. The molecule has 0 spiro atoms. The van der Waals surface area contributed by atoms with E-state index in [1.165, 1.54) is 51.5 Å². The summed E-state index contributed by atoms with van der Waals surface area (Å²) in [6, 6.07) is 10.4. The fraction of sp³-hybridized carbons (Fsp3) is 0.278. The second-order valence-electron chi connectivity index (χ2n) is 6.35. The molecule has 0 saturated heterocycles. The van der Waals surface area contributed by atoms with E-state index in [0.717, 1.165) is 10.6 Å². The number of hydrogen-bond donors (Lipinski definition) is 2. The van der Waals surface area contributed by atoms with Crippen LogP contribution in [0.5, 0.6) is 5.75 Å². The van der Waals surface area contributed by atoms with Gasteiger partial charge in [-0.25, -0.2) is 21.1 Å². The average molecular weight is 442 g/mol. The van der Waals surface area contributed by atoms with Gasteiger partial charge in [-0.05, 0) is 36.4 Å². The lowest BCUT2D eigenvalue weighted by Gasteiger charge is -2.16. The van der Waals surface area contributed by atoms with Crippen molar-refractivity contribution in [2.45, 2.75) is 9.79 Å². The lowest BCUT2D eigenvalue weighted by atomic mass is 10.3. The van der Waals surface area contributed by atoms with Crippen molar-refractivity contribution in [3.63, 3.8) is 0 Å². The van der Waals surface area contributed by atoms with E-state index in [1.54, 1.807) is 12.1 Å². The smallest absolute Gasteiger partial charge is 0.246 e. The monoisotopic (exact) mass is 441 g/mol. The molecule has 0 atom stereocenters. The number of amides is 1. The number of nitrogens with zero attached hydrogens (tertiary/aromatic N) is 1. The molecule has 0 unspecified atom stereocenters. The van der Waals surface area contributed by atoms with Gasteiger partial charge in [0.25, 0.3) is 0 Å². The maximum Gasteiger partial charge on any atom is 0.246 e. The van der Waals surface area contributed by atoms with E-state index < -0.39 is 25.8 Å². The first-order valence-corrected chi connectivity index (χ1v) is 11.7. The number of benzene rings is 2. The summed E-state index contributed by atoms with van der Waals surface area (Å²) >= 11 is 0. The number of carbonyl (C=O) groups excluding carboxylic acids is 1. The van der Waals surface area contributed by atoms with Crippen molar-refractivity contribution in [3.8, 4) is 5.75 Å². The van der Waals surface area contributed by atoms with Crippen molar-refractivity contribution in [2.24, 2.45) is 0 Å². The second kappa shape index (κ2) is 8.80. The van der Waals surface area contributed by atoms with Crippen molar-refractivity contribution in [3.05, 3.63) is 42.5 Å². The molecule has 11 heteroatoms. The molecule has 0 aliphatic carbocycles. The zero-order chi connectivity index (χ0) is 21.8.